The summed E-state index contributed by atoms with van der Waals surface area (Å²) in [5.74, 6) is 0. The highest BCUT2D eigenvalue weighted by Crippen LogP contribution is 2.11. The smallest absolute Gasteiger partial charge is 0.0959 e. The molecule has 4 nitrogen and oxygen atoms in total. The Bertz CT molecular complexity index is 714. The largest absolute Gasteiger partial charge is 0.381 e. The van der Waals surface area contributed by atoms with Crippen molar-refractivity contribution < 1.29 is 14.6 Å². The molecule has 0 aromatic carbocycles. The molecular weight excluding hydrogens is 578 g/mol. The van der Waals surface area contributed by atoms with Crippen molar-refractivity contribution in [3.8, 4) is 0 Å². The van der Waals surface area contributed by atoms with Crippen LogP contribution in [0.4, 0.5) is 0 Å². The summed E-state index contributed by atoms with van der Waals surface area (Å²) < 4.78 is 12.3. The van der Waals surface area contributed by atoms with Crippen molar-refractivity contribution >= 4 is 0 Å². The Kier molecular flexibility index (Phi) is 38.2. The fraction of sp³-hybridized carbons (Fsp3) is 0.814. The molecule has 276 valence electrons. The first-order valence-electron chi connectivity index (χ1n) is 20.3. The first-order valence-corrected chi connectivity index (χ1v) is 20.3. The summed E-state index contributed by atoms with van der Waals surface area (Å²) in [6, 6.07) is 0.292. The van der Waals surface area contributed by atoms with Gasteiger partial charge in [0, 0.05) is 25.8 Å². The van der Waals surface area contributed by atoms with Gasteiger partial charge in [-0.2, -0.15) is 0 Å². The molecule has 1 unspecified atom stereocenters. The van der Waals surface area contributed by atoms with Crippen molar-refractivity contribution in [1.82, 2.24) is 4.90 Å². The van der Waals surface area contributed by atoms with Crippen LogP contribution in [0.2, 0.25) is 0 Å². The first-order chi connectivity index (χ1) is 23.2. The number of allylic oxidation sites excluding steroid dienone is 8. The van der Waals surface area contributed by atoms with E-state index in [2.05, 4.69) is 81.2 Å². The predicted molar refractivity (Wildman–Crippen MR) is 208 cm³/mol. The maximum absolute atomic E-state index is 9.81. The number of hydrogen-bond donors (Lipinski definition) is 1. The Morgan fingerprint density at radius 2 is 0.915 bits per heavy atom. The average molecular weight is 660 g/mol. The maximum Gasteiger partial charge on any atom is 0.0959 e. The van der Waals surface area contributed by atoms with Crippen LogP contribution in [0.1, 0.15) is 182 Å². The van der Waals surface area contributed by atoms with Gasteiger partial charge in [0.15, 0.2) is 0 Å². The fourth-order valence-corrected chi connectivity index (χ4v) is 5.59. The molecule has 0 aromatic rings. The van der Waals surface area contributed by atoms with Crippen LogP contribution in [0.3, 0.4) is 0 Å². The van der Waals surface area contributed by atoms with E-state index in [1.807, 2.05) is 0 Å². The summed E-state index contributed by atoms with van der Waals surface area (Å²) in [6.07, 6.45) is 48.9. The quantitative estimate of drug-likeness (QED) is 0.0409. The predicted octanol–water partition coefficient (Wildman–Crippen LogP) is 12.7. The van der Waals surface area contributed by atoms with Crippen LogP contribution in [0.15, 0.2) is 48.6 Å². The topological polar surface area (TPSA) is 41.9 Å². The van der Waals surface area contributed by atoms with Gasteiger partial charge in [0.25, 0.3) is 0 Å². The van der Waals surface area contributed by atoms with Crippen molar-refractivity contribution in [2.75, 3.05) is 33.1 Å². The van der Waals surface area contributed by atoms with E-state index < -0.39 is 0 Å². The van der Waals surface area contributed by atoms with E-state index in [-0.39, 0.29) is 12.8 Å². The minimum Gasteiger partial charge on any atom is -0.381 e. The molecule has 0 aromatic heterocycles. The van der Waals surface area contributed by atoms with Gasteiger partial charge in [-0.3, -0.25) is 4.90 Å². The summed E-state index contributed by atoms with van der Waals surface area (Å²) in [4.78, 5) is 2.06. The molecule has 1 N–H and O–H groups in total. The molecule has 0 spiro atoms. The lowest BCUT2D eigenvalue weighted by Crippen LogP contribution is -2.41. The number of aliphatic hydroxyl groups is 1. The van der Waals surface area contributed by atoms with E-state index in [0.717, 1.165) is 45.4 Å². The number of nitrogens with zero attached hydrogens (tertiary/aromatic N) is 1. The highest BCUT2D eigenvalue weighted by atomic mass is 16.5. The third-order valence-corrected chi connectivity index (χ3v) is 8.84. The summed E-state index contributed by atoms with van der Waals surface area (Å²) in [6.45, 7) is 11.8. The molecule has 0 aliphatic carbocycles. The van der Waals surface area contributed by atoms with Crippen LogP contribution in [-0.2, 0) is 9.47 Å². The number of unbranched alkanes of at least 4 members (excludes halogenated alkanes) is 18. The molecule has 0 aliphatic rings. The van der Waals surface area contributed by atoms with Crippen molar-refractivity contribution in [1.29, 1.82) is 0 Å². The van der Waals surface area contributed by atoms with Gasteiger partial charge in [-0.25, -0.2) is 0 Å². The SMILES string of the molecule is CCCCC/C=C\C/C=C\CCCCCCCCOCC(CN(CO)C(C)C)OCCCCCCCC/C=C\C/C=C\CCCCC. The van der Waals surface area contributed by atoms with E-state index in [0.29, 0.717) is 12.6 Å². The van der Waals surface area contributed by atoms with Crippen LogP contribution < -0.4 is 0 Å². The lowest BCUT2D eigenvalue weighted by molar-refractivity contribution is -0.0514. The van der Waals surface area contributed by atoms with Crippen molar-refractivity contribution in [2.24, 2.45) is 0 Å². The van der Waals surface area contributed by atoms with Crippen LogP contribution in [0, 0.1) is 0 Å². The number of ether oxygens (including phenoxy) is 2. The molecule has 0 bridgehead atoms. The van der Waals surface area contributed by atoms with E-state index in [1.54, 1.807) is 0 Å². The van der Waals surface area contributed by atoms with E-state index in [9.17, 15) is 5.11 Å². The summed E-state index contributed by atoms with van der Waals surface area (Å²) in [7, 11) is 0. The summed E-state index contributed by atoms with van der Waals surface area (Å²) >= 11 is 0. The Morgan fingerprint density at radius 1 is 0.511 bits per heavy atom. The molecular formula is C43H81NO3. The lowest BCUT2D eigenvalue weighted by atomic mass is 10.1. The van der Waals surface area contributed by atoms with Gasteiger partial charge in [0.2, 0.25) is 0 Å². The maximum atomic E-state index is 9.81. The van der Waals surface area contributed by atoms with E-state index in [1.165, 1.54) is 128 Å². The van der Waals surface area contributed by atoms with Crippen LogP contribution >= 0.6 is 0 Å². The zero-order valence-electron chi connectivity index (χ0n) is 32.0. The molecule has 0 radical (unpaired) electrons. The second-order valence-corrected chi connectivity index (χ2v) is 13.7. The zero-order chi connectivity index (χ0) is 34.3. The van der Waals surface area contributed by atoms with Crippen LogP contribution in [0.5, 0.6) is 0 Å². The van der Waals surface area contributed by atoms with Gasteiger partial charge >= 0.3 is 0 Å². The Balaban J connectivity index is 3.86. The molecule has 1 atom stereocenters. The molecule has 0 fully saturated rings. The molecule has 4 heteroatoms. The van der Waals surface area contributed by atoms with E-state index >= 15 is 0 Å². The van der Waals surface area contributed by atoms with Crippen LogP contribution in [-0.4, -0.2) is 55.2 Å². The Morgan fingerprint density at radius 3 is 1.34 bits per heavy atom. The van der Waals surface area contributed by atoms with E-state index in [4.69, 9.17) is 9.47 Å². The minimum absolute atomic E-state index is 0.0205. The zero-order valence-corrected chi connectivity index (χ0v) is 32.0. The molecule has 0 saturated heterocycles. The third kappa shape index (κ3) is 35.9. The Labute approximate surface area is 294 Å². The Hall–Kier alpha value is -1.20. The highest BCUT2D eigenvalue weighted by molar-refractivity contribution is 4.93. The highest BCUT2D eigenvalue weighted by Gasteiger charge is 2.17. The summed E-state index contributed by atoms with van der Waals surface area (Å²) in [5.41, 5.74) is 0. The molecule has 0 aliphatic heterocycles. The minimum atomic E-state index is 0.0205. The number of rotatable bonds is 37. The first kappa shape index (κ1) is 45.8. The third-order valence-electron chi connectivity index (χ3n) is 8.84. The standard InChI is InChI=1S/C43H81NO3/c1-5-7-9-11-13-15-17-19-21-23-25-27-29-31-33-35-37-46-40-43(39-44(41-45)42(3)4)47-38-36-34-32-30-28-26-24-22-20-18-16-14-12-10-8-6-2/h13-16,19-22,42-43,45H,5-12,17-18,23-41H2,1-4H3/b15-13-,16-14-,21-19-,22-20-. The molecule has 0 saturated carbocycles. The fourth-order valence-electron chi connectivity index (χ4n) is 5.59. The normalized spacial score (nSPS) is 13.3. The summed E-state index contributed by atoms with van der Waals surface area (Å²) in [5, 5.41) is 9.81. The van der Waals surface area contributed by atoms with Gasteiger partial charge in [0.1, 0.15) is 0 Å². The van der Waals surface area contributed by atoms with Gasteiger partial charge < -0.3 is 14.6 Å². The van der Waals surface area contributed by atoms with Crippen molar-refractivity contribution in [3.63, 3.8) is 0 Å². The molecule has 0 heterocycles. The van der Waals surface area contributed by atoms with Crippen LogP contribution in [0.25, 0.3) is 0 Å². The second kappa shape index (κ2) is 39.2. The van der Waals surface area contributed by atoms with Gasteiger partial charge in [-0.05, 0) is 90.9 Å². The lowest BCUT2D eigenvalue weighted by Gasteiger charge is -2.29. The van der Waals surface area contributed by atoms with Crippen molar-refractivity contribution in [2.45, 2.75) is 194 Å². The molecule has 47 heavy (non-hydrogen) atoms. The number of aliphatic hydroxyl groups excluding tert-OH is 1. The van der Waals surface area contributed by atoms with Gasteiger partial charge in [0.05, 0.1) is 19.4 Å². The molecule has 0 amide bonds. The van der Waals surface area contributed by atoms with Gasteiger partial charge in [-0.15, -0.1) is 0 Å². The average Bonchev–Trinajstić information content (AvgIpc) is 3.07. The number of hydrogen-bond acceptors (Lipinski definition) is 4. The van der Waals surface area contributed by atoms with Crippen molar-refractivity contribution in [3.05, 3.63) is 48.6 Å². The molecule has 0 rings (SSSR count). The second-order valence-electron chi connectivity index (χ2n) is 13.7. The van der Waals surface area contributed by atoms with Gasteiger partial charge in [-0.1, -0.05) is 140 Å². The monoisotopic (exact) mass is 660 g/mol.